The second-order valence-corrected chi connectivity index (χ2v) is 13.7. The molecule has 7 atom stereocenters. The normalized spacial score (nSPS) is 15.2. The van der Waals surface area contributed by atoms with E-state index in [1.165, 1.54) is 6.92 Å². The number of amides is 7. The predicted molar refractivity (Wildman–Crippen MR) is 184 cm³/mol. The minimum Gasteiger partial charge on any atom is -0.481 e. The van der Waals surface area contributed by atoms with Crippen LogP contribution >= 0.6 is 0 Å². The summed E-state index contributed by atoms with van der Waals surface area (Å²) in [5.41, 5.74) is 10.7. The van der Waals surface area contributed by atoms with E-state index in [2.05, 4.69) is 31.9 Å². The van der Waals surface area contributed by atoms with E-state index >= 15 is 0 Å². The first kappa shape index (κ1) is 47.1. The molecule has 0 rings (SSSR count). The molecule has 0 heterocycles. The van der Waals surface area contributed by atoms with Gasteiger partial charge in [-0.2, -0.15) is 0 Å². The molecular weight excluding hydrogens is 688 g/mol. The molecule has 0 aliphatic heterocycles. The predicted octanol–water partition coefficient (Wildman–Crippen LogP) is -3.19. The van der Waals surface area contributed by atoms with Crippen molar-refractivity contribution in [3.8, 4) is 0 Å². The van der Waals surface area contributed by atoms with Crippen molar-refractivity contribution in [2.45, 2.75) is 123 Å². The number of nitrogens with one attached hydrogen (secondary N) is 6. The average molecular weight is 745 g/mol. The van der Waals surface area contributed by atoms with Crippen LogP contribution in [-0.2, 0) is 43.2 Å². The third kappa shape index (κ3) is 18.4. The molecule has 7 amide bonds. The van der Waals surface area contributed by atoms with Crippen molar-refractivity contribution in [1.82, 2.24) is 31.9 Å². The van der Waals surface area contributed by atoms with Crippen LogP contribution in [0, 0.1) is 17.8 Å². The zero-order chi connectivity index (χ0) is 40.5. The van der Waals surface area contributed by atoms with E-state index in [4.69, 9.17) is 11.5 Å². The smallest absolute Gasteiger partial charge is 0.326 e. The summed E-state index contributed by atoms with van der Waals surface area (Å²) in [4.78, 5) is 112. The first-order valence-electron chi connectivity index (χ1n) is 16.9. The van der Waals surface area contributed by atoms with Gasteiger partial charge in [0.2, 0.25) is 41.4 Å². The molecule has 296 valence electrons. The monoisotopic (exact) mass is 744 g/mol. The van der Waals surface area contributed by atoms with Crippen molar-refractivity contribution >= 4 is 53.3 Å². The minimum atomic E-state index is -1.69. The molecule has 0 aromatic rings. The molecule has 0 fully saturated rings. The van der Waals surface area contributed by atoms with Gasteiger partial charge in [-0.05, 0) is 43.9 Å². The summed E-state index contributed by atoms with van der Waals surface area (Å²) in [6.45, 7) is 10.7. The third-order valence-corrected chi connectivity index (χ3v) is 7.50. The summed E-state index contributed by atoms with van der Waals surface area (Å²) in [7, 11) is 0. The van der Waals surface area contributed by atoms with E-state index in [-0.39, 0.29) is 37.5 Å². The Kier molecular flexibility index (Phi) is 20.7. The molecule has 0 aromatic carbocycles. The number of rotatable bonds is 24. The van der Waals surface area contributed by atoms with Gasteiger partial charge in [-0.15, -0.1) is 0 Å². The Balaban J connectivity index is 5.74. The van der Waals surface area contributed by atoms with E-state index in [9.17, 15) is 58.5 Å². The third-order valence-electron chi connectivity index (χ3n) is 7.50. The summed E-state index contributed by atoms with van der Waals surface area (Å²) in [6, 6.07) is -8.24. The Morgan fingerprint density at radius 3 is 1.48 bits per heavy atom. The Bertz CT molecular complexity index is 1290. The SMILES string of the molecule is CC(C)C[C@H](NC(=O)[C@@H](NC(=O)CNC(=O)[C@H](CC(=O)O)NC(=O)[C@H](CC(C)C)NC(=O)[C@@H](N)[C@@H](C)O)C(C)C)C(=O)N[C@@H](CCC(N)=O)C(=O)O. The van der Waals surface area contributed by atoms with Gasteiger partial charge in [0.25, 0.3) is 0 Å². The Hall–Kier alpha value is -4.85. The van der Waals surface area contributed by atoms with E-state index in [1.54, 1.807) is 41.5 Å². The summed E-state index contributed by atoms with van der Waals surface area (Å²) < 4.78 is 0. The molecule has 0 saturated carbocycles. The van der Waals surface area contributed by atoms with Gasteiger partial charge in [0, 0.05) is 6.42 Å². The van der Waals surface area contributed by atoms with Gasteiger partial charge in [-0.1, -0.05) is 41.5 Å². The molecule has 20 nitrogen and oxygen atoms in total. The Morgan fingerprint density at radius 1 is 0.615 bits per heavy atom. The number of carbonyl (C=O) groups excluding carboxylic acids is 7. The lowest BCUT2D eigenvalue weighted by molar-refractivity contribution is -0.143. The molecule has 20 heteroatoms. The number of hydrogen-bond donors (Lipinski definition) is 11. The van der Waals surface area contributed by atoms with Crippen LogP contribution in [0.15, 0.2) is 0 Å². The second-order valence-electron chi connectivity index (χ2n) is 13.7. The fourth-order valence-electron chi connectivity index (χ4n) is 4.68. The number of aliphatic hydroxyl groups excluding tert-OH is 1. The van der Waals surface area contributed by atoms with Crippen LogP contribution in [0.2, 0.25) is 0 Å². The maximum absolute atomic E-state index is 13.3. The Labute approximate surface area is 302 Å². The molecule has 0 aliphatic carbocycles. The van der Waals surface area contributed by atoms with Gasteiger partial charge in [-0.25, -0.2) is 4.79 Å². The fraction of sp³-hybridized carbons (Fsp3) is 0.719. The van der Waals surface area contributed by atoms with Crippen molar-refractivity contribution in [1.29, 1.82) is 0 Å². The zero-order valence-electron chi connectivity index (χ0n) is 30.7. The highest BCUT2D eigenvalue weighted by Crippen LogP contribution is 2.10. The first-order chi connectivity index (χ1) is 24.0. The summed E-state index contributed by atoms with van der Waals surface area (Å²) in [5.74, 6) is -9.86. The van der Waals surface area contributed by atoms with Crippen LogP contribution in [0.4, 0.5) is 0 Å². The number of carboxylic acid groups (broad SMARTS) is 2. The quantitative estimate of drug-likeness (QED) is 0.0465. The highest BCUT2D eigenvalue weighted by atomic mass is 16.4. The molecule has 0 aromatic heterocycles. The van der Waals surface area contributed by atoms with Crippen molar-refractivity contribution in [3.05, 3.63) is 0 Å². The minimum absolute atomic E-state index is 0.0711. The molecule has 0 unspecified atom stereocenters. The van der Waals surface area contributed by atoms with Crippen LogP contribution in [0.3, 0.4) is 0 Å². The molecular formula is C32H56N8O12. The van der Waals surface area contributed by atoms with Gasteiger partial charge in [0.05, 0.1) is 19.1 Å². The largest absolute Gasteiger partial charge is 0.481 e. The standard InChI is InChI=1S/C32H56N8O12/c1-14(2)10-19(38-30(49)25(34)17(7)41)29(48)37-21(12-24(44)45)27(46)35-13-23(43)40-26(16(5)6)31(50)39-20(11-15(3)4)28(47)36-18(32(51)52)8-9-22(33)42/h14-21,25-26,41H,8-13,34H2,1-7H3,(H2,33,42)(H,35,46)(H,36,47)(H,37,48)(H,38,49)(H,39,50)(H,40,43)(H,44,45)(H,51,52)/t17-,18+,19+,20+,21+,25+,26+/m1/s1. The van der Waals surface area contributed by atoms with Crippen molar-refractivity contribution in [2.75, 3.05) is 6.54 Å². The van der Waals surface area contributed by atoms with Crippen molar-refractivity contribution < 1.29 is 58.5 Å². The van der Waals surface area contributed by atoms with Crippen LogP contribution < -0.4 is 43.4 Å². The lowest BCUT2D eigenvalue weighted by Gasteiger charge is -2.27. The summed E-state index contributed by atoms with van der Waals surface area (Å²) in [5, 5.41) is 42.6. The number of carboxylic acids is 2. The van der Waals surface area contributed by atoms with Gasteiger partial charge >= 0.3 is 11.9 Å². The molecule has 0 radical (unpaired) electrons. The molecule has 0 aliphatic rings. The number of hydrogen-bond acceptors (Lipinski definition) is 11. The Morgan fingerprint density at radius 2 is 1.08 bits per heavy atom. The van der Waals surface area contributed by atoms with E-state index in [1.807, 2.05) is 0 Å². The lowest BCUT2D eigenvalue weighted by Crippen LogP contribution is -2.59. The van der Waals surface area contributed by atoms with Crippen molar-refractivity contribution in [2.24, 2.45) is 29.2 Å². The highest BCUT2D eigenvalue weighted by molar-refractivity contribution is 5.97. The summed E-state index contributed by atoms with van der Waals surface area (Å²) in [6.07, 6.45) is -2.56. The molecule has 0 bridgehead atoms. The molecule has 0 spiro atoms. The van der Waals surface area contributed by atoms with Gasteiger partial charge in [-0.3, -0.25) is 38.4 Å². The number of aliphatic carboxylic acids is 2. The van der Waals surface area contributed by atoms with Gasteiger partial charge in [0.15, 0.2) is 0 Å². The van der Waals surface area contributed by atoms with Crippen molar-refractivity contribution in [3.63, 3.8) is 0 Å². The maximum atomic E-state index is 13.3. The average Bonchev–Trinajstić information content (AvgIpc) is 3.01. The highest BCUT2D eigenvalue weighted by Gasteiger charge is 2.33. The number of aliphatic hydroxyl groups is 1. The van der Waals surface area contributed by atoms with Crippen LogP contribution in [0.25, 0.3) is 0 Å². The number of carbonyl (C=O) groups is 9. The first-order valence-corrected chi connectivity index (χ1v) is 16.9. The van der Waals surface area contributed by atoms with Gasteiger partial charge in [0.1, 0.15) is 36.3 Å². The van der Waals surface area contributed by atoms with E-state index < -0.39 is 115 Å². The maximum Gasteiger partial charge on any atom is 0.326 e. The van der Waals surface area contributed by atoms with E-state index in [0.29, 0.717) is 0 Å². The molecule has 13 N–H and O–H groups in total. The molecule has 52 heavy (non-hydrogen) atoms. The van der Waals surface area contributed by atoms with Gasteiger partial charge < -0.3 is 58.7 Å². The van der Waals surface area contributed by atoms with Crippen LogP contribution in [-0.4, -0.2) is 118 Å². The zero-order valence-corrected chi connectivity index (χ0v) is 30.7. The van der Waals surface area contributed by atoms with Crippen LogP contribution in [0.5, 0.6) is 0 Å². The second kappa shape index (κ2) is 22.9. The molecule has 0 saturated heterocycles. The summed E-state index contributed by atoms with van der Waals surface area (Å²) >= 11 is 0. The number of nitrogens with two attached hydrogens (primary N) is 2. The van der Waals surface area contributed by atoms with Crippen LogP contribution in [0.1, 0.15) is 80.6 Å². The number of primary amides is 1. The lowest BCUT2D eigenvalue weighted by atomic mass is 9.99. The topological polar surface area (TPSA) is 339 Å². The van der Waals surface area contributed by atoms with E-state index in [0.717, 1.165) is 0 Å². The fourth-order valence-corrected chi connectivity index (χ4v) is 4.68.